The van der Waals surface area contributed by atoms with E-state index in [4.69, 9.17) is 24.0 Å². The highest BCUT2D eigenvalue weighted by Crippen LogP contribution is 2.48. The summed E-state index contributed by atoms with van der Waals surface area (Å²) in [4.78, 5) is 0. The molecule has 6 heteroatoms. The fraction of sp³-hybridized carbons (Fsp3) is 0.240. The van der Waals surface area contributed by atoms with Crippen molar-refractivity contribution >= 4 is 5.71 Å². The van der Waals surface area contributed by atoms with Crippen LogP contribution >= 0.6 is 0 Å². The highest BCUT2D eigenvalue weighted by Gasteiger charge is 2.41. The summed E-state index contributed by atoms with van der Waals surface area (Å²) in [5.74, 6) is 3.30. The van der Waals surface area contributed by atoms with Crippen LogP contribution < -0.4 is 18.9 Å². The number of nitrogens with zero attached hydrogens (tertiary/aromatic N) is 2. The van der Waals surface area contributed by atoms with E-state index in [1.807, 2.05) is 66.7 Å². The van der Waals surface area contributed by atoms with E-state index in [2.05, 4.69) is 5.01 Å². The molecule has 0 spiro atoms. The quantitative estimate of drug-likeness (QED) is 0.589. The van der Waals surface area contributed by atoms with Gasteiger partial charge in [-0.05, 0) is 72.3 Å². The van der Waals surface area contributed by atoms with Gasteiger partial charge in [-0.15, -0.1) is 0 Å². The van der Waals surface area contributed by atoms with Crippen LogP contribution in [0, 0.1) is 0 Å². The third-order valence-electron chi connectivity index (χ3n) is 5.82. The van der Waals surface area contributed by atoms with E-state index in [1.165, 1.54) is 0 Å². The molecule has 3 aromatic carbocycles. The number of ether oxygens (including phenoxy) is 4. The number of fused-ring (bicyclic) bond motifs is 3. The first-order valence-corrected chi connectivity index (χ1v) is 10.2. The molecule has 2 heterocycles. The molecule has 0 aromatic heterocycles. The third-order valence-corrected chi connectivity index (χ3v) is 5.82. The first kappa shape index (κ1) is 19.3. The lowest BCUT2D eigenvalue weighted by Gasteiger charge is -2.38. The summed E-state index contributed by atoms with van der Waals surface area (Å²) in [6, 6.07) is 22.0. The van der Waals surface area contributed by atoms with Crippen LogP contribution in [0.2, 0.25) is 0 Å². The van der Waals surface area contributed by atoms with Gasteiger partial charge in [0.15, 0.2) is 0 Å². The number of methoxy groups -OCH3 is 3. The molecule has 0 fully saturated rings. The van der Waals surface area contributed by atoms with Crippen LogP contribution in [0.5, 0.6) is 23.0 Å². The van der Waals surface area contributed by atoms with Crippen LogP contribution in [-0.2, 0) is 0 Å². The zero-order valence-electron chi connectivity index (χ0n) is 17.7. The molecule has 2 aliphatic rings. The van der Waals surface area contributed by atoms with Gasteiger partial charge in [0, 0.05) is 17.5 Å². The van der Waals surface area contributed by atoms with Crippen molar-refractivity contribution in [3.05, 3.63) is 83.4 Å². The van der Waals surface area contributed by atoms with Gasteiger partial charge in [0.25, 0.3) is 0 Å². The second kappa shape index (κ2) is 7.87. The molecule has 0 bridgehead atoms. The molecule has 0 saturated carbocycles. The topological polar surface area (TPSA) is 52.5 Å². The van der Waals surface area contributed by atoms with Crippen molar-refractivity contribution in [2.75, 3.05) is 21.3 Å². The Kier molecular flexibility index (Phi) is 4.90. The number of hydrogen-bond donors (Lipinski definition) is 0. The largest absolute Gasteiger partial charge is 0.497 e. The van der Waals surface area contributed by atoms with Crippen LogP contribution in [0.25, 0.3) is 0 Å². The summed E-state index contributed by atoms with van der Waals surface area (Å²) >= 11 is 0. The Bertz CT molecular complexity index is 1110. The molecule has 0 aliphatic carbocycles. The van der Waals surface area contributed by atoms with Gasteiger partial charge >= 0.3 is 0 Å². The minimum absolute atomic E-state index is 0.0584. The van der Waals surface area contributed by atoms with E-state index in [9.17, 15) is 0 Å². The van der Waals surface area contributed by atoms with Gasteiger partial charge in [-0.25, -0.2) is 5.01 Å². The molecule has 0 N–H and O–H groups in total. The standard InChI is InChI=1S/C25H24N2O4/c1-28-18-8-4-16(5-9-18)22-15-23-21-14-20(30-3)12-13-24(21)31-25(27(23)26-22)17-6-10-19(29-2)11-7-17/h4-14,23,25H,15H2,1-3H3/t23-,25-/m0/s1. The molecule has 0 saturated heterocycles. The van der Waals surface area contributed by atoms with Gasteiger partial charge in [0.1, 0.15) is 23.0 Å². The molecule has 158 valence electrons. The minimum atomic E-state index is -0.326. The van der Waals surface area contributed by atoms with Crippen LogP contribution in [0.4, 0.5) is 0 Å². The van der Waals surface area contributed by atoms with Gasteiger partial charge in [-0.1, -0.05) is 0 Å². The van der Waals surface area contributed by atoms with Crippen molar-refractivity contribution in [2.45, 2.75) is 18.7 Å². The van der Waals surface area contributed by atoms with Crippen LogP contribution in [0.15, 0.2) is 71.8 Å². The minimum Gasteiger partial charge on any atom is -0.497 e. The number of benzene rings is 3. The molecule has 31 heavy (non-hydrogen) atoms. The van der Waals surface area contributed by atoms with Crippen molar-refractivity contribution in [1.29, 1.82) is 0 Å². The van der Waals surface area contributed by atoms with Crippen LogP contribution in [-0.4, -0.2) is 32.0 Å². The second-order valence-electron chi connectivity index (χ2n) is 7.52. The molecular formula is C25H24N2O4. The number of hydrazone groups is 1. The van der Waals surface area contributed by atoms with E-state index < -0.39 is 0 Å². The van der Waals surface area contributed by atoms with E-state index in [1.54, 1.807) is 21.3 Å². The van der Waals surface area contributed by atoms with Crippen LogP contribution in [0.1, 0.15) is 35.4 Å². The number of rotatable bonds is 5. The van der Waals surface area contributed by atoms with Crippen molar-refractivity contribution in [1.82, 2.24) is 5.01 Å². The lowest BCUT2D eigenvalue weighted by Crippen LogP contribution is -2.33. The molecule has 5 rings (SSSR count). The van der Waals surface area contributed by atoms with Gasteiger partial charge in [-0.3, -0.25) is 0 Å². The summed E-state index contributed by atoms with van der Waals surface area (Å²) in [6.07, 6.45) is 0.454. The SMILES string of the molecule is COc1ccc(C2=NN3[C@@H](C2)c2cc(OC)ccc2O[C@H]3c2ccc(OC)cc2)cc1. The van der Waals surface area contributed by atoms with E-state index in [0.717, 1.165) is 51.8 Å². The Morgan fingerprint density at radius 1 is 0.806 bits per heavy atom. The van der Waals surface area contributed by atoms with Gasteiger partial charge < -0.3 is 18.9 Å². The molecular weight excluding hydrogens is 392 g/mol. The molecule has 0 radical (unpaired) electrons. The summed E-state index contributed by atoms with van der Waals surface area (Å²) in [7, 11) is 5.01. The average Bonchev–Trinajstić information content (AvgIpc) is 3.29. The summed E-state index contributed by atoms with van der Waals surface area (Å²) < 4.78 is 22.5. The molecule has 0 unspecified atom stereocenters. The predicted molar refractivity (Wildman–Crippen MR) is 118 cm³/mol. The highest BCUT2D eigenvalue weighted by atomic mass is 16.5. The average molecular weight is 416 g/mol. The molecule has 0 amide bonds. The van der Waals surface area contributed by atoms with Crippen molar-refractivity contribution in [2.24, 2.45) is 5.10 Å². The molecule has 3 aromatic rings. The Balaban J connectivity index is 1.56. The first-order valence-electron chi connectivity index (χ1n) is 10.2. The summed E-state index contributed by atoms with van der Waals surface area (Å²) in [5, 5.41) is 7.06. The predicted octanol–water partition coefficient (Wildman–Crippen LogP) is 4.95. The Labute approximate surface area is 181 Å². The van der Waals surface area contributed by atoms with E-state index in [-0.39, 0.29) is 12.3 Å². The molecule has 2 aliphatic heterocycles. The fourth-order valence-electron chi connectivity index (χ4n) is 4.14. The normalized spacial score (nSPS) is 19.1. The Morgan fingerprint density at radius 2 is 1.42 bits per heavy atom. The Morgan fingerprint density at radius 3 is 2.06 bits per heavy atom. The van der Waals surface area contributed by atoms with Gasteiger partial charge in [0.2, 0.25) is 6.23 Å². The monoisotopic (exact) mass is 416 g/mol. The van der Waals surface area contributed by atoms with Crippen molar-refractivity contribution in [3.8, 4) is 23.0 Å². The summed E-state index contributed by atoms with van der Waals surface area (Å²) in [6.45, 7) is 0. The smallest absolute Gasteiger partial charge is 0.213 e. The van der Waals surface area contributed by atoms with E-state index in [0.29, 0.717) is 0 Å². The maximum atomic E-state index is 6.43. The zero-order chi connectivity index (χ0) is 21.4. The lowest BCUT2D eigenvalue weighted by atomic mass is 9.95. The van der Waals surface area contributed by atoms with Crippen LogP contribution in [0.3, 0.4) is 0 Å². The van der Waals surface area contributed by atoms with Crippen molar-refractivity contribution in [3.63, 3.8) is 0 Å². The first-order chi connectivity index (χ1) is 15.2. The van der Waals surface area contributed by atoms with E-state index >= 15 is 0 Å². The zero-order valence-corrected chi connectivity index (χ0v) is 17.7. The lowest BCUT2D eigenvalue weighted by molar-refractivity contribution is -0.0191. The molecule has 2 atom stereocenters. The van der Waals surface area contributed by atoms with Gasteiger partial charge in [-0.2, -0.15) is 5.10 Å². The number of hydrogen-bond acceptors (Lipinski definition) is 6. The van der Waals surface area contributed by atoms with Gasteiger partial charge in [0.05, 0.1) is 33.1 Å². The maximum absolute atomic E-state index is 6.43. The maximum Gasteiger partial charge on any atom is 0.213 e. The third kappa shape index (κ3) is 3.44. The Hall–Kier alpha value is -3.67. The second-order valence-corrected chi connectivity index (χ2v) is 7.52. The molecule has 6 nitrogen and oxygen atoms in total. The fourth-order valence-corrected chi connectivity index (χ4v) is 4.14. The summed E-state index contributed by atoms with van der Waals surface area (Å²) in [5.41, 5.74) is 4.20. The highest BCUT2D eigenvalue weighted by molar-refractivity contribution is 6.02. The van der Waals surface area contributed by atoms with Crippen molar-refractivity contribution < 1.29 is 18.9 Å².